The SMILES string of the molecule is CCCCCC1C[C@@H](O)c2cc(Cl)ccc2O1. The van der Waals surface area contributed by atoms with Crippen molar-refractivity contribution in [1.82, 2.24) is 0 Å². The number of benzene rings is 1. The van der Waals surface area contributed by atoms with Gasteiger partial charge in [0.2, 0.25) is 0 Å². The van der Waals surface area contributed by atoms with Gasteiger partial charge in [0.05, 0.1) is 6.10 Å². The Labute approximate surface area is 108 Å². The van der Waals surface area contributed by atoms with Gasteiger partial charge in [0.15, 0.2) is 0 Å². The molecule has 17 heavy (non-hydrogen) atoms. The topological polar surface area (TPSA) is 29.5 Å². The predicted molar refractivity (Wildman–Crippen MR) is 69.6 cm³/mol. The van der Waals surface area contributed by atoms with Crippen molar-refractivity contribution < 1.29 is 9.84 Å². The second kappa shape index (κ2) is 5.74. The summed E-state index contributed by atoms with van der Waals surface area (Å²) in [6, 6.07) is 5.46. The molecule has 0 aliphatic carbocycles. The number of hydrogen-bond acceptors (Lipinski definition) is 2. The van der Waals surface area contributed by atoms with E-state index in [1.807, 2.05) is 12.1 Å². The molecule has 2 atom stereocenters. The summed E-state index contributed by atoms with van der Waals surface area (Å²) < 4.78 is 5.89. The highest BCUT2D eigenvalue weighted by Gasteiger charge is 2.26. The van der Waals surface area contributed by atoms with Crippen molar-refractivity contribution in [2.24, 2.45) is 0 Å². The molecule has 1 N–H and O–H groups in total. The van der Waals surface area contributed by atoms with Gasteiger partial charge in [-0.3, -0.25) is 0 Å². The first-order valence-corrected chi connectivity index (χ1v) is 6.72. The van der Waals surface area contributed by atoms with Crippen LogP contribution in [0.5, 0.6) is 5.75 Å². The lowest BCUT2D eigenvalue weighted by molar-refractivity contribution is 0.0605. The normalized spacial score (nSPS) is 23.0. The van der Waals surface area contributed by atoms with E-state index in [0.717, 1.165) is 24.2 Å². The lowest BCUT2D eigenvalue weighted by Gasteiger charge is -2.29. The van der Waals surface area contributed by atoms with E-state index in [1.165, 1.54) is 12.8 Å². The fourth-order valence-corrected chi connectivity index (χ4v) is 2.47. The molecule has 1 heterocycles. The van der Waals surface area contributed by atoms with Gasteiger partial charge >= 0.3 is 0 Å². The maximum absolute atomic E-state index is 10.1. The van der Waals surface area contributed by atoms with Gasteiger partial charge in [0.25, 0.3) is 0 Å². The van der Waals surface area contributed by atoms with Crippen molar-refractivity contribution in [2.75, 3.05) is 0 Å². The van der Waals surface area contributed by atoms with Gasteiger partial charge in [-0.25, -0.2) is 0 Å². The summed E-state index contributed by atoms with van der Waals surface area (Å²) in [6.45, 7) is 2.19. The zero-order valence-corrected chi connectivity index (χ0v) is 10.9. The van der Waals surface area contributed by atoms with Gasteiger partial charge in [-0.2, -0.15) is 0 Å². The van der Waals surface area contributed by atoms with Crippen LogP contribution in [0.1, 0.15) is 50.7 Å². The maximum Gasteiger partial charge on any atom is 0.125 e. The van der Waals surface area contributed by atoms with Crippen LogP contribution in [-0.4, -0.2) is 11.2 Å². The van der Waals surface area contributed by atoms with E-state index in [1.54, 1.807) is 6.07 Å². The van der Waals surface area contributed by atoms with Crippen LogP contribution in [0.3, 0.4) is 0 Å². The average molecular weight is 255 g/mol. The van der Waals surface area contributed by atoms with Crippen molar-refractivity contribution in [3.05, 3.63) is 28.8 Å². The minimum absolute atomic E-state index is 0.144. The number of hydrogen-bond donors (Lipinski definition) is 1. The van der Waals surface area contributed by atoms with Gasteiger partial charge in [0, 0.05) is 17.0 Å². The molecular weight excluding hydrogens is 236 g/mol. The molecule has 0 aromatic heterocycles. The highest BCUT2D eigenvalue weighted by Crippen LogP contribution is 2.37. The van der Waals surface area contributed by atoms with Crippen LogP contribution in [0, 0.1) is 0 Å². The van der Waals surface area contributed by atoms with E-state index >= 15 is 0 Å². The first-order chi connectivity index (χ1) is 8.20. The number of ether oxygens (including phenoxy) is 1. The summed E-state index contributed by atoms with van der Waals surface area (Å²) in [5.74, 6) is 0.787. The van der Waals surface area contributed by atoms with Crippen LogP contribution in [0.15, 0.2) is 18.2 Å². The second-order valence-electron chi connectivity index (χ2n) is 4.67. The Morgan fingerprint density at radius 3 is 3.00 bits per heavy atom. The Morgan fingerprint density at radius 2 is 2.24 bits per heavy atom. The van der Waals surface area contributed by atoms with Gasteiger partial charge in [-0.05, 0) is 31.0 Å². The Bertz CT molecular complexity index is 378. The fourth-order valence-electron chi connectivity index (χ4n) is 2.29. The summed E-state index contributed by atoms with van der Waals surface area (Å²) in [4.78, 5) is 0. The Morgan fingerprint density at radius 1 is 1.41 bits per heavy atom. The fraction of sp³-hybridized carbons (Fsp3) is 0.571. The number of fused-ring (bicyclic) bond motifs is 1. The lowest BCUT2D eigenvalue weighted by Crippen LogP contribution is -2.25. The van der Waals surface area contributed by atoms with E-state index in [0.29, 0.717) is 11.4 Å². The molecule has 0 saturated heterocycles. The van der Waals surface area contributed by atoms with Crippen molar-refractivity contribution in [3.8, 4) is 5.75 Å². The molecule has 1 aliphatic heterocycles. The number of aliphatic hydroxyl groups excluding tert-OH is 1. The zero-order chi connectivity index (χ0) is 12.3. The standard InChI is InChI=1S/C14H19ClO2/c1-2-3-4-5-11-9-13(16)12-8-10(15)6-7-14(12)17-11/h6-8,11,13,16H,2-5,9H2,1H3/t11?,13-/m1/s1. The molecule has 0 radical (unpaired) electrons. The maximum atomic E-state index is 10.1. The molecular formula is C14H19ClO2. The number of halogens is 1. The second-order valence-corrected chi connectivity index (χ2v) is 5.11. The lowest BCUT2D eigenvalue weighted by atomic mass is 9.96. The molecule has 0 saturated carbocycles. The monoisotopic (exact) mass is 254 g/mol. The van der Waals surface area contributed by atoms with E-state index in [4.69, 9.17) is 16.3 Å². The predicted octanol–water partition coefficient (Wildman–Crippen LogP) is 4.10. The van der Waals surface area contributed by atoms with Crippen molar-refractivity contribution >= 4 is 11.6 Å². The molecule has 3 heteroatoms. The first kappa shape index (κ1) is 12.7. The van der Waals surface area contributed by atoms with Gasteiger partial charge in [-0.15, -0.1) is 0 Å². The summed E-state index contributed by atoms with van der Waals surface area (Å²) in [6.07, 6.45) is 5.00. The van der Waals surface area contributed by atoms with Crippen molar-refractivity contribution in [1.29, 1.82) is 0 Å². The molecule has 0 fully saturated rings. The first-order valence-electron chi connectivity index (χ1n) is 6.35. The molecule has 1 unspecified atom stereocenters. The molecule has 1 aromatic rings. The van der Waals surface area contributed by atoms with Crippen LogP contribution >= 0.6 is 11.6 Å². The number of unbranched alkanes of at least 4 members (excludes halogenated alkanes) is 2. The van der Waals surface area contributed by atoms with Crippen LogP contribution in [0.25, 0.3) is 0 Å². The number of aliphatic hydroxyl groups is 1. The van der Waals surface area contributed by atoms with Crippen LogP contribution in [-0.2, 0) is 0 Å². The third-order valence-corrected chi connectivity index (χ3v) is 3.48. The molecule has 1 aromatic carbocycles. The Balaban J connectivity index is 2.03. The number of rotatable bonds is 4. The van der Waals surface area contributed by atoms with E-state index < -0.39 is 6.10 Å². The van der Waals surface area contributed by atoms with E-state index in [-0.39, 0.29) is 6.10 Å². The molecule has 0 amide bonds. The highest BCUT2D eigenvalue weighted by atomic mass is 35.5. The Kier molecular flexibility index (Phi) is 4.30. The third kappa shape index (κ3) is 3.14. The minimum atomic E-state index is -0.441. The minimum Gasteiger partial charge on any atom is -0.490 e. The molecule has 94 valence electrons. The van der Waals surface area contributed by atoms with Crippen LogP contribution in [0.2, 0.25) is 5.02 Å². The molecule has 1 aliphatic rings. The van der Waals surface area contributed by atoms with E-state index in [2.05, 4.69) is 6.92 Å². The largest absolute Gasteiger partial charge is 0.490 e. The van der Waals surface area contributed by atoms with Crippen LogP contribution < -0.4 is 4.74 Å². The van der Waals surface area contributed by atoms with Crippen LogP contribution in [0.4, 0.5) is 0 Å². The van der Waals surface area contributed by atoms with Crippen molar-refractivity contribution in [2.45, 2.75) is 51.2 Å². The summed E-state index contributed by atoms with van der Waals surface area (Å²) in [5, 5.41) is 10.7. The molecule has 0 spiro atoms. The summed E-state index contributed by atoms with van der Waals surface area (Å²) in [7, 11) is 0. The average Bonchev–Trinajstić information content (AvgIpc) is 2.31. The molecule has 2 rings (SSSR count). The van der Waals surface area contributed by atoms with E-state index in [9.17, 15) is 5.11 Å². The Hall–Kier alpha value is -0.730. The molecule has 2 nitrogen and oxygen atoms in total. The third-order valence-electron chi connectivity index (χ3n) is 3.24. The zero-order valence-electron chi connectivity index (χ0n) is 10.2. The quantitative estimate of drug-likeness (QED) is 0.820. The summed E-state index contributed by atoms with van der Waals surface area (Å²) >= 11 is 5.91. The summed E-state index contributed by atoms with van der Waals surface area (Å²) in [5.41, 5.74) is 0.823. The van der Waals surface area contributed by atoms with Gasteiger partial charge in [0.1, 0.15) is 11.9 Å². The molecule has 0 bridgehead atoms. The van der Waals surface area contributed by atoms with Gasteiger partial charge < -0.3 is 9.84 Å². The smallest absolute Gasteiger partial charge is 0.125 e. The van der Waals surface area contributed by atoms with Gasteiger partial charge in [-0.1, -0.05) is 31.4 Å². The van der Waals surface area contributed by atoms with Crippen molar-refractivity contribution in [3.63, 3.8) is 0 Å². The highest BCUT2D eigenvalue weighted by molar-refractivity contribution is 6.30.